The molecule has 0 aromatic heterocycles. The number of halogens is 2. The zero-order chi connectivity index (χ0) is 47.9. The molecule has 8 N–H and O–H groups in total. The third-order valence-corrected chi connectivity index (χ3v) is 11.7. The first-order valence-corrected chi connectivity index (χ1v) is 28.0. The standard InChI is InChI=1S/C26H36O5.C25H34O5.2ClH.2H2N.Pt/c1-5-6-7-8-19-14-23(29)26(22-13-18(4)9-11-21(22)17(2)3)24(15-19)31-25(30)12-10-20(28)16-27;1-5-6-7-8-18-14-21(26)25(20-13-17(4)9-10-19(20)16(2)3)22(15-18)30-24(29)12-11-23(27)28;;;;;/h13-15,21-22,27,29H,2,5-12,16H2,1,3-4H3;13-15,19-20,26H,2,5-12H2,1,3-4H3,(H,27,28);2*1H;2*1H2;/q;;;;2*-1;+4/p-2/t21-,22+;19-,20+;;;;;/m11...../s1. The van der Waals surface area contributed by atoms with Crippen LogP contribution < -0.4 is 9.47 Å². The molecule has 12 nitrogen and oxygen atoms in total. The predicted octanol–water partition coefficient (Wildman–Crippen LogP) is 14.1. The number of carboxylic acid groups (broad SMARTS) is 1. The summed E-state index contributed by atoms with van der Waals surface area (Å²) in [5.41, 5.74) is 7.55. The smallest absolute Gasteiger partial charge is 0.693 e. The van der Waals surface area contributed by atoms with Crippen LogP contribution in [0.4, 0.5) is 0 Å². The number of carbonyl (C=O) groups is 4. The zero-order valence-electron chi connectivity index (χ0n) is 39.7. The maximum atomic E-state index is 12.5. The molecule has 0 amide bonds. The molecule has 0 spiro atoms. The Bertz CT molecular complexity index is 1980. The maximum Gasteiger partial charge on any atom is -0.693 e. The Morgan fingerprint density at radius 3 is 1.39 bits per heavy atom. The summed E-state index contributed by atoms with van der Waals surface area (Å²) in [4.78, 5) is 47.0. The van der Waals surface area contributed by atoms with E-state index >= 15 is 0 Å². The quantitative estimate of drug-likeness (QED) is 0.0399. The van der Waals surface area contributed by atoms with Crippen molar-refractivity contribution < 1.29 is 65.6 Å². The van der Waals surface area contributed by atoms with Gasteiger partial charge in [-0.05, 0) is 126 Å². The van der Waals surface area contributed by atoms with Crippen LogP contribution in [-0.2, 0) is 48.5 Å². The van der Waals surface area contributed by atoms with E-state index in [1.54, 1.807) is 12.1 Å². The number of unbranched alkanes of at least 4 members (excludes halogenated alkanes) is 4. The van der Waals surface area contributed by atoms with Gasteiger partial charge in [-0.15, -0.1) is 0 Å². The molecular weight excluding hydrogens is 1070 g/mol. The molecule has 0 saturated carbocycles. The zero-order valence-corrected chi connectivity index (χ0v) is 43.5. The number of esters is 2. The Balaban J connectivity index is 0.00000117. The molecule has 2 aromatic rings. The van der Waals surface area contributed by atoms with Gasteiger partial charge in [0, 0.05) is 29.4 Å². The van der Waals surface area contributed by atoms with Crippen LogP contribution in [0.3, 0.4) is 0 Å². The minimum atomic E-state index is -1.04. The van der Waals surface area contributed by atoms with Crippen LogP contribution in [0, 0.1) is 11.8 Å². The molecule has 2 aromatic carbocycles. The van der Waals surface area contributed by atoms with Crippen molar-refractivity contribution >= 4 is 42.5 Å². The topological polar surface area (TPSA) is 235 Å². The van der Waals surface area contributed by atoms with Gasteiger partial charge in [0.2, 0.25) is 0 Å². The summed E-state index contributed by atoms with van der Waals surface area (Å²) in [5.74, 6) is -1.63. The fraction of sp³-hybridized carbons (Fsp3) is 0.529. The van der Waals surface area contributed by atoms with Crippen LogP contribution in [0.2, 0.25) is 0 Å². The first-order valence-electron chi connectivity index (χ1n) is 22.4. The molecule has 2 aliphatic carbocycles. The maximum absolute atomic E-state index is 12.5. The summed E-state index contributed by atoms with van der Waals surface area (Å²) >= 11 is -0.472. The van der Waals surface area contributed by atoms with E-state index in [4.69, 9.17) is 38.5 Å². The number of hydrogen-bond donors (Lipinski definition) is 4. The van der Waals surface area contributed by atoms with Crippen LogP contribution in [-0.4, -0.2) is 50.7 Å². The average molecular weight is 1140 g/mol. The van der Waals surface area contributed by atoms with E-state index in [1.807, 2.05) is 26.0 Å². The Kier molecular flexibility index (Phi) is 31.0. The molecule has 0 radical (unpaired) electrons. The number of hydrogen-bond acceptors (Lipinski definition) is 9. The fourth-order valence-electron chi connectivity index (χ4n) is 8.31. The van der Waals surface area contributed by atoms with E-state index in [1.165, 1.54) is 11.1 Å². The summed E-state index contributed by atoms with van der Waals surface area (Å²) in [6.45, 7) is 20.1. The van der Waals surface area contributed by atoms with Crippen molar-refractivity contribution in [3.8, 4) is 23.0 Å². The van der Waals surface area contributed by atoms with Crippen LogP contribution in [0.15, 0.2) is 71.9 Å². The number of aliphatic hydroxyl groups excluding tert-OH is 1. The van der Waals surface area contributed by atoms with Crippen LogP contribution in [0.5, 0.6) is 23.0 Å². The number of ketones is 1. The third kappa shape index (κ3) is 21.0. The van der Waals surface area contributed by atoms with E-state index in [0.29, 0.717) is 22.6 Å². The fourth-order valence-corrected chi connectivity index (χ4v) is 8.31. The van der Waals surface area contributed by atoms with E-state index < -0.39 is 46.8 Å². The number of carbonyl (C=O) groups excluding carboxylic acids is 3. The molecule has 0 heterocycles. The van der Waals surface area contributed by atoms with Crippen molar-refractivity contribution in [2.24, 2.45) is 11.8 Å². The van der Waals surface area contributed by atoms with Crippen LogP contribution in [0.1, 0.15) is 166 Å². The second-order valence-corrected chi connectivity index (χ2v) is 20.4. The normalized spacial score (nSPS) is 17.4. The number of benzene rings is 2. The molecule has 2 aliphatic rings. The molecule has 66 heavy (non-hydrogen) atoms. The van der Waals surface area contributed by atoms with Crippen molar-refractivity contribution in [2.75, 3.05) is 6.61 Å². The molecule has 4 atom stereocenters. The minimum absolute atomic E-state index is 0. The molecule has 0 bridgehead atoms. The van der Waals surface area contributed by atoms with Gasteiger partial charge >= 0.3 is 53.2 Å². The van der Waals surface area contributed by atoms with Crippen molar-refractivity contribution in [3.63, 3.8) is 0 Å². The largest absolute Gasteiger partial charge is 0.693 e. The summed E-state index contributed by atoms with van der Waals surface area (Å²) in [7, 11) is 9.75. The molecule has 0 aliphatic heterocycles. The number of phenolic OH excluding ortho intramolecular Hbond substituents is 2. The number of aliphatic hydroxyl groups is 1. The van der Waals surface area contributed by atoms with Gasteiger partial charge in [0.05, 0.1) is 19.3 Å². The number of rotatable bonds is 21. The number of Topliss-reactive ketones (excluding diaryl/α,β-unsaturated/α-hetero) is 1. The monoisotopic (exact) mass is 1140 g/mol. The number of nitrogens with two attached hydrogens (primary N) is 2. The molecule has 372 valence electrons. The first kappa shape index (κ1) is 62.2. The Morgan fingerprint density at radius 2 is 1.06 bits per heavy atom. The summed E-state index contributed by atoms with van der Waals surface area (Å²) < 4.78 is 11.3. The average Bonchev–Trinajstić information content (AvgIpc) is 3.22. The van der Waals surface area contributed by atoms with Gasteiger partial charge < -0.3 is 42.2 Å². The molecule has 0 fully saturated rings. The van der Waals surface area contributed by atoms with Gasteiger partial charge in [-0.3, -0.25) is 19.2 Å². The van der Waals surface area contributed by atoms with Crippen LogP contribution in [0.25, 0.3) is 12.3 Å². The number of ether oxygens (including phenoxy) is 2. The van der Waals surface area contributed by atoms with Gasteiger partial charge in [-0.1, -0.05) is 87.1 Å². The number of aromatic hydroxyl groups is 2. The van der Waals surface area contributed by atoms with E-state index in [-0.39, 0.29) is 73.2 Å². The Hall–Kier alpha value is -3.77. The predicted molar refractivity (Wildman–Crippen MR) is 262 cm³/mol. The van der Waals surface area contributed by atoms with E-state index in [9.17, 15) is 29.4 Å². The number of carboxylic acids is 1. The Labute approximate surface area is 409 Å². The van der Waals surface area contributed by atoms with Gasteiger partial charge in [-0.2, -0.15) is 0 Å². The summed E-state index contributed by atoms with van der Waals surface area (Å²) in [6.07, 6.45) is 15.3. The van der Waals surface area contributed by atoms with E-state index in [0.717, 1.165) is 99.3 Å². The molecule has 0 saturated heterocycles. The van der Waals surface area contributed by atoms with Crippen LogP contribution >= 0.6 is 18.8 Å². The Morgan fingerprint density at radius 1 is 0.682 bits per heavy atom. The molecule has 0 unspecified atom stereocenters. The number of phenols is 2. The van der Waals surface area contributed by atoms with Crippen molar-refractivity contribution in [1.82, 2.24) is 0 Å². The molecule has 4 rings (SSSR count). The van der Waals surface area contributed by atoms with Crippen molar-refractivity contribution in [1.29, 1.82) is 0 Å². The van der Waals surface area contributed by atoms with E-state index in [2.05, 4.69) is 53.0 Å². The van der Waals surface area contributed by atoms with Crippen molar-refractivity contribution in [3.05, 3.63) is 106 Å². The number of aryl methyl sites for hydroxylation is 2. The molecular formula is C51H74Cl2N2O10Pt. The third-order valence-electron chi connectivity index (χ3n) is 11.7. The van der Waals surface area contributed by atoms with Gasteiger partial charge in [0.1, 0.15) is 29.6 Å². The van der Waals surface area contributed by atoms with Gasteiger partial charge in [0.25, 0.3) is 0 Å². The minimum Gasteiger partial charge on any atom is -0.693 e. The first-order chi connectivity index (χ1) is 30.4. The summed E-state index contributed by atoms with van der Waals surface area (Å²) in [6, 6.07) is 7.23. The van der Waals surface area contributed by atoms with Gasteiger partial charge in [0.15, 0.2) is 5.78 Å². The van der Waals surface area contributed by atoms with Crippen molar-refractivity contribution in [2.45, 2.75) is 156 Å². The second kappa shape index (κ2) is 32.8. The number of allylic oxidation sites excluding steroid dienone is 6. The SMILES string of the molecule is C=C(C)[C@H]1CCC(C)=C[C@@H]1c1c(O)cc(CCCCC)cc1OC(=O)CCC(=O)CO.C=C(C)[C@H]1CCC(C)=C[C@@H]1c1c(O)cc(CCCCC)cc1OC(=O)CCC(=O)O.[Cl][Pt+2][Cl].[NH2-].[NH2-]. The second-order valence-electron chi connectivity index (χ2n) is 17.1. The number of aliphatic carboxylic acids is 1. The summed E-state index contributed by atoms with van der Waals surface area (Å²) in [5, 5.41) is 39.7. The van der Waals surface area contributed by atoms with Gasteiger partial charge in [-0.25, -0.2) is 0 Å². The molecule has 15 heteroatoms.